The van der Waals surface area contributed by atoms with Gasteiger partial charge in [0, 0.05) is 12.8 Å². The Bertz CT molecular complexity index is 1280. The number of hydrogen-bond acceptors (Lipinski definition) is 6. The first-order valence-corrected chi connectivity index (χ1v) is 21.4. The van der Waals surface area contributed by atoms with E-state index in [2.05, 4.69) is 134 Å². The van der Waals surface area contributed by atoms with Gasteiger partial charge >= 0.3 is 19.8 Å². The molecule has 0 aromatic carbocycles. The highest BCUT2D eigenvalue weighted by atomic mass is 31.2. The van der Waals surface area contributed by atoms with Gasteiger partial charge in [-0.2, -0.15) is 0 Å². The van der Waals surface area contributed by atoms with Crippen molar-refractivity contribution in [2.24, 2.45) is 0 Å². The van der Waals surface area contributed by atoms with Gasteiger partial charge in [-0.25, -0.2) is 4.57 Å². The number of unbranched alkanes of at least 4 members (excludes halogenated alkanes) is 4. The molecule has 0 radical (unpaired) electrons. The molecule has 302 valence electrons. The molecule has 0 aromatic rings. The van der Waals surface area contributed by atoms with E-state index in [1.807, 2.05) is 6.08 Å². The highest BCUT2D eigenvalue weighted by Crippen LogP contribution is 2.35. The molecule has 0 aromatic heterocycles. The van der Waals surface area contributed by atoms with Crippen molar-refractivity contribution >= 4 is 19.8 Å². The van der Waals surface area contributed by atoms with Crippen LogP contribution in [-0.2, 0) is 28.2 Å². The SMILES string of the molecule is CC/C=C\C/C=C\C/C=C\C/C=C\C/C=C\CCCCCC(=O)O[C@H](COC(=O)CCC/C=C\C/C=C\C/C=C\C/C=C\C/C=C\CC)COP(=O)(O)O. The van der Waals surface area contributed by atoms with Gasteiger partial charge in [-0.1, -0.05) is 142 Å². The summed E-state index contributed by atoms with van der Waals surface area (Å²) in [4.78, 5) is 42.8. The maximum atomic E-state index is 12.4. The molecule has 0 aliphatic heterocycles. The van der Waals surface area contributed by atoms with Gasteiger partial charge in [0.25, 0.3) is 0 Å². The number of carbonyl (C=O) groups excluding carboxylic acids is 2. The Morgan fingerprint density at radius 1 is 0.481 bits per heavy atom. The van der Waals surface area contributed by atoms with Gasteiger partial charge in [-0.05, 0) is 96.3 Å². The van der Waals surface area contributed by atoms with Crippen LogP contribution in [0.15, 0.2) is 122 Å². The average Bonchev–Trinajstić information content (AvgIpc) is 3.14. The topological polar surface area (TPSA) is 119 Å². The van der Waals surface area contributed by atoms with Crippen LogP contribution in [0.5, 0.6) is 0 Å². The Hall–Kier alpha value is -3.55. The number of allylic oxidation sites excluding steroid dienone is 20. The first-order chi connectivity index (χ1) is 26.3. The minimum Gasteiger partial charge on any atom is -0.462 e. The van der Waals surface area contributed by atoms with E-state index in [1.54, 1.807) is 0 Å². The van der Waals surface area contributed by atoms with Crippen molar-refractivity contribution in [3.8, 4) is 0 Å². The zero-order valence-electron chi connectivity index (χ0n) is 33.1. The van der Waals surface area contributed by atoms with Crippen LogP contribution < -0.4 is 0 Å². The highest BCUT2D eigenvalue weighted by Gasteiger charge is 2.22. The fourth-order valence-corrected chi connectivity index (χ4v) is 4.97. The van der Waals surface area contributed by atoms with Gasteiger partial charge in [-0.3, -0.25) is 14.1 Å². The number of esters is 2. The summed E-state index contributed by atoms with van der Waals surface area (Å²) < 4.78 is 26.3. The zero-order chi connectivity index (χ0) is 39.6. The second-order valence-electron chi connectivity index (χ2n) is 12.5. The second kappa shape index (κ2) is 39.2. The first-order valence-electron chi connectivity index (χ1n) is 19.8. The molecule has 2 N–H and O–H groups in total. The summed E-state index contributed by atoms with van der Waals surface area (Å²) in [5, 5.41) is 0. The minimum absolute atomic E-state index is 0.152. The van der Waals surface area contributed by atoms with Crippen LogP contribution in [0.2, 0.25) is 0 Å². The Kier molecular flexibility index (Phi) is 36.6. The normalized spacial score (nSPS) is 13.8. The summed E-state index contributed by atoms with van der Waals surface area (Å²) in [5.74, 6) is -1.01. The number of phosphoric acid groups is 1. The van der Waals surface area contributed by atoms with E-state index in [-0.39, 0.29) is 19.4 Å². The quantitative estimate of drug-likeness (QED) is 0.0287. The van der Waals surface area contributed by atoms with Crippen molar-refractivity contribution in [2.45, 2.75) is 136 Å². The van der Waals surface area contributed by atoms with E-state index in [1.165, 1.54) is 0 Å². The van der Waals surface area contributed by atoms with E-state index in [0.717, 1.165) is 83.5 Å². The Morgan fingerprint density at radius 2 is 0.852 bits per heavy atom. The minimum atomic E-state index is -4.79. The Labute approximate surface area is 327 Å². The van der Waals surface area contributed by atoms with Crippen LogP contribution in [0, 0.1) is 0 Å². The molecule has 9 heteroatoms. The summed E-state index contributed by atoms with van der Waals surface area (Å²) in [6.07, 6.45) is 56.4. The van der Waals surface area contributed by atoms with Crippen molar-refractivity contribution in [2.75, 3.05) is 13.2 Å². The van der Waals surface area contributed by atoms with Gasteiger partial charge < -0.3 is 19.3 Å². The van der Waals surface area contributed by atoms with Crippen LogP contribution >= 0.6 is 7.82 Å². The lowest BCUT2D eigenvalue weighted by molar-refractivity contribution is -0.161. The van der Waals surface area contributed by atoms with Crippen LogP contribution in [0.4, 0.5) is 0 Å². The molecule has 1 atom stereocenters. The molecule has 0 saturated carbocycles. The van der Waals surface area contributed by atoms with Gasteiger partial charge in [0.05, 0.1) is 6.61 Å². The van der Waals surface area contributed by atoms with Crippen molar-refractivity contribution in [3.05, 3.63) is 122 Å². The maximum Gasteiger partial charge on any atom is 0.469 e. The molecular formula is C45H69O8P. The third-order valence-corrected chi connectivity index (χ3v) is 7.96. The van der Waals surface area contributed by atoms with Crippen LogP contribution in [-0.4, -0.2) is 41.0 Å². The molecule has 0 bridgehead atoms. The van der Waals surface area contributed by atoms with Gasteiger partial charge in [0.15, 0.2) is 6.10 Å². The van der Waals surface area contributed by atoms with Crippen molar-refractivity contribution in [3.63, 3.8) is 0 Å². The molecule has 0 aliphatic rings. The molecule has 0 spiro atoms. The molecule has 0 saturated heterocycles. The summed E-state index contributed by atoms with van der Waals surface area (Å²) in [6, 6.07) is 0. The predicted octanol–water partition coefficient (Wildman–Crippen LogP) is 12.2. The molecule has 0 heterocycles. The lowest BCUT2D eigenvalue weighted by Gasteiger charge is -2.18. The monoisotopic (exact) mass is 768 g/mol. The van der Waals surface area contributed by atoms with Crippen molar-refractivity contribution < 1.29 is 37.9 Å². The number of hydrogen-bond donors (Lipinski definition) is 2. The Balaban J connectivity index is 4.15. The van der Waals surface area contributed by atoms with Gasteiger partial charge in [0.1, 0.15) is 6.61 Å². The first kappa shape index (κ1) is 50.5. The number of carbonyl (C=O) groups is 2. The average molecular weight is 769 g/mol. The third kappa shape index (κ3) is 41.2. The Morgan fingerprint density at radius 3 is 1.26 bits per heavy atom. The molecular weight excluding hydrogens is 699 g/mol. The van der Waals surface area contributed by atoms with Crippen LogP contribution in [0.3, 0.4) is 0 Å². The fourth-order valence-electron chi connectivity index (χ4n) is 4.61. The second-order valence-corrected chi connectivity index (χ2v) is 13.7. The van der Waals surface area contributed by atoms with Crippen molar-refractivity contribution in [1.29, 1.82) is 0 Å². The summed E-state index contributed by atoms with van der Waals surface area (Å²) >= 11 is 0. The standard InChI is InChI=1S/C45H69O8P/c1-3-5-7-9-11-13-15-17-19-21-22-24-26-28-30-32-34-36-38-40-45(47)53-43(42-52-54(48,49)50)41-51-44(46)39-37-35-33-31-29-27-25-23-20-18-16-14-12-10-8-6-4-2/h5-8,11-14,17-20,22,24-25,27-28,30-31,33,43H,3-4,9-10,15-16,21,23,26,29,32,34-42H2,1-2H3,(H2,48,49,50)/b7-5-,8-6-,13-11-,14-12-,19-17-,20-18-,24-22-,27-25-,30-28-,33-31-/t43-/m1/s1. The maximum absolute atomic E-state index is 12.4. The molecule has 0 amide bonds. The summed E-state index contributed by atoms with van der Waals surface area (Å²) in [6.45, 7) is 3.35. The number of phosphoric ester groups is 1. The van der Waals surface area contributed by atoms with Gasteiger partial charge in [0.2, 0.25) is 0 Å². The number of rotatable bonds is 34. The predicted molar refractivity (Wildman–Crippen MR) is 225 cm³/mol. The zero-order valence-corrected chi connectivity index (χ0v) is 34.0. The number of ether oxygens (including phenoxy) is 2. The molecule has 0 aliphatic carbocycles. The molecule has 0 unspecified atom stereocenters. The highest BCUT2D eigenvalue weighted by molar-refractivity contribution is 7.46. The molecule has 0 rings (SSSR count). The van der Waals surface area contributed by atoms with Crippen LogP contribution in [0.1, 0.15) is 129 Å². The fraction of sp³-hybridized carbons (Fsp3) is 0.511. The van der Waals surface area contributed by atoms with Crippen molar-refractivity contribution in [1.82, 2.24) is 0 Å². The lowest BCUT2D eigenvalue weighted by atomic mass is 10.1. The van der Waals surface area contributed by atoms with Crippen LogP contribution in [0.25, 0.3) is 0 Å². The van der Waals surface area contributed by atoms with E-state index in [4.69, 9.17) is 19.3 Å². The molecule has 54 heavy (non-hydrogen) atoms. The van der Waals surface area contributed by atoms with E-state index < -0.39 is 32.5 Å². The molecule has 8 nitrogen and oxygen atoms in total. The smallest absolute Gasteiger partial charge is 0.462 e. The lowest BCUT2D eigenvalue weighted by Crippen LogP contribution is -2.29. The van der Waals surface area contributed by atoms with E-state index >= 15 is 0 Å². The van der Waals surface area contributed by atoms with E-state index in [0.29, 0.717) is 19.3 Å². The van der Waals surface area contributed by atoms with Gasteiger partial charge in [-0.15, -0.1) is 0 Å². The molecule has 0 fully saturated rings. The van der Waals surface area contributed by atoms with E-state index in [9.17, 15) is 14.2 Å². The summed E-state index contributed by atoms with van der Waals surface area (Å²) in [5.41, 5.74) is 0. The third-order valence-electron chi connectivity index (χ3n) is 7.48. The largest absolute Gasteiger partial charge is 0.469 e. The summed E-state index contributed by atoms with van der Waals surface area (Å²) in [7, 11) is -4.79.